The van der Waals surface area contributed by atoms with Gasteiger partial charge in [-0.1, -0.05) is 0 Å². The van der Waals surface area contributed by atoms with Crippen LogP contribution in [0.3, 0.4) is 0 Å². The molecular weight excluding hydrogens is 493 g/mol. The van der Waals surface area contributed by atoms with Crippen LogP contribution in [0.25, 0.3) is 0 Å². The lowest BCUT2D eigenvalue weighted by Gasteiger charge is -2.39. The highest BCUT2D eigenvalue weighted by atomic mass is 127. The number of rotatable bonds is 3. The van der Waals surface area contributed by atoms with Gasteiger partial charge in [-0.2, -0.15) is 0 Å². The van der Waals surface area contributed by atoms with Gasteiger partial charge in [0.25, 0.3) is 0 Å². The van der Waals surface area contributed by atoms with Gasteiger partial charge in [0.05, 0.1) is 23.7 Å². The minimum absolute atomic E-state index is 0. The first kappa shape index (κ1) is 23.1. The number of pyridine rings is 1. The van der Waals surface area contributed by atoms with Crippen LogP contribution in [0.4, 0.5) is 5.82 Å². The molecule has 0 radical (unpaired) electrons. The lowest BCUT2D eigenvalue weighted by Crippen LogP contribution is -2.57. The van der Waals surface area contributed by atoms with Crippen molar-refractivity contribution >= 4 is 45.6 Å². The van der Waals surface area contributed by atoms with E-state index in [1.54, 1.807) is 20.9 Å². The van der Waals surface area contributed by atoms with E-state index < -0.39 is 14.6 Å². The number of sulfone groups is 1. The summed E-state index contributed by atoms with van der Waals surface area (Å²) in [7, 11) is -1.34. The van der Waals surface area contributed by atoms with Gasteiger partial charge in [-0.25, -0.2) is 13.4 Å². The van der Waals surface area contributed by atoms with Crippen molar-refractivity contribution < 1.29 is 13.2 Å². The van der Waals surface area contributed by atoms with E-state index in [2.05, 4.69) is 26.3 Å². The van der Waals surface area contributed by atoms with Gasteiger partial charge in [0.2, 0.25) is 0 Å². The summed E-state index contributed by atoms with van der Waals surface area (Å²) in [6.45, 7) is 8.21. The molecule has 0 atom stereocenters. The van der Waals surface area contributed by atoms with Crippen molar-refractivity contribution in [2.75, 3.05) is 57.1 Å². The maximum Gasteiger partial charge on any atom is 0.193 e. The third kappa shape index (κ3) is 5.26. The first-order chi connectivity index (χ1) is 12.8. The molecule has 2 fully saturated rings. The van der Waals surface area contributed by atoms with Crippen molar-refractivity contribution in [1.82, 2.24) is 15.2 Å². The second kappa shape index (κ2) is 9.57. The number of guanidine groups is 1. The molecule has 0 spiro atoms. The van der Waals surface area contributed by atoms with Crippen molar-refractivity contribution in [3.05, 3.63) is 23.9 Å². The van der Waals surface area contributed by atoms with E-state index in [1.807, 2.05) is 17.2 Å². The van der Waals surface area contributed by atoms with Crippen LogP contribution in [0.15, 0.2) is 23.3 Å². The maximum absolute atomic E-state index is 12.2. The number of aromatic nitrogens is 1. The molecule has 10 heteroatoms. The standard InChI is InChI=1S/C18H29N5O3S.HI/c1-18(2)14-23(8-11-27(18,24)25)17(19-3)21-13-15-4-5-20-16(12-15)22-6-9-26-10-7-22;/h4-5,12H,6-11,13-14H2,1-3H3,(H,19,21);1H. The average Bonchev–Trinajstić information content (AvgIpc) is 2.66. The molecule has 0 aromatic carbocycles. The number of hydrogen-bond acceptors (Lipinski definition) is 6. The first-order valence-electron chi connectivity index (χ1n) is 9.28. The molecule has 8 nitrogen and oxygen atoms in total. The summed E-state index contributed by atoms with van der Waals surface area (Å²) >= 11 is 0. The van der Waals surface area contributed by atoms with Crippen LogP contribution in [-0.2, 0) is 21.1 Å². The van der Waals surface area contributed by atoms with Crippen LogP contribution in [0.1, 0.15) is 19.4 Å². The molecule has 2 saturated heterocycles. The fourth-order valence-corrected chi connectivity index (χ4v) is 4.74. The Kier molecular flexibility index (Phi) is 7.91. The molecule has 28 heavy (non-hydrogen) atoms. The molecule has 0 unspecified atom stereocenters. The quantitative estimate of drug-likeness (QED) is 0.361. The maximum atomic E-state index is 12.2. The Labute approximate surface area is 184 Å². The Hall–Kier alpha value is -1.14. The Morgan fingerprint density at radius 3 is 2.68 bits per heavy atom. The van der Waals surface area contributed by atoms with Gasteiger partial charge in [0.15, 0.2) is 15.8 Å². The lowest BCUT2D eigenvalue weighted by atomic mass is 10.2. The van der Waals surface area contributed by atoms with E-state index in [-0.39, 0.29) is 29.7 Å². The van der Waals surface area contributed by atoms with E-state index >= 15 is 0 Å². The molecule has 158 valence electrons. The molecule has 0 bridgehead atoms. The topological polar surface area (TPSA) is 87.1 Å². The van der Waals surface area contributed by atoms with E-state index in [0.717, 1.165) is 43.6 Å². The first-order valence-corrected chi connectivity index (χ1v) is 10.9. The molecule has 1 N–H and O–H groups in total. The molecule has 3 heterocycles. The van der Waals surface area contributed by atoms with Gasteiger partial charge in [-0.15, -0.1) is 24.0 Å². The van der Waals surface area contributed by atoms with E-state index in [4.69, 9.17) is 4.74 Å². The summed E-state index contributed by atoms with van der Waals surface area (Å²) in [4.78, 5) is 13.1. The monoisotopic (exact) mass is 523 g/mol. The fourth-order valence-electron chi connectivity index (χ4n) is 3.37. The molecule has 1 aromatic rings. The summed E-state index contributed by atoms with van der Waals surface area (Å²) in [6.07, 6.45) is 1.82. The lowest BCUT2D eigenvalue weighted by molar-refractivity contribution is 0.122. The van der Waals surface area contributed by atoms with E-state index in [0.29, 0.717) is 19.6 Å². The zero-order chi connectivity index (χ0) is 19.5. The second-order valence-electron chi connectivity index (χ2n) is 7.52. The van der Waals surface area contributed by atoms with Gasteiger partial charge < -0.3 is 19.9 Å². The van der Waals surface area contributed by atoms with Crippen LogP contribution < -0.4 is 10.2 Å². The highest BCUT2D eigenvalue weighted by molar-refractivity contribution is 14.0. The Morgan fingerprint density at radius 1 is 1.32 bits per heavy atom. The van der Waals surface area contributed by atoms with Gasteiger partial charge >= 0.3 is 0 Å². The number of hydrogen-bond donors (Lipinski definition) is 1. The molecule has 2 aliphatic heterocycles. The van der Waals surface area contributed by atoms with Crippen LogP contribution in [-0.4, -0.2) is 81.2 Å². The fraction of sp³-hybridized carbons (Fsp3) is 0.667. The number of nitrogens with zero attached hydrogens (tertiary/aromatic N) is 4. The summed E-state index contributed by atoms with van der Waals surface area (Å²) in [5.74, 6) is 1.83. The van der Waals surface area contributed by atoms with Crippen LogP contribution >= 0.6 is 24.0 Å². The zero-order valence-corrected chi connectivity index (χ0v) is 19.9. The highest BCUT2D eigenvalue weighted by Gasteiger charge is 2.40. The number of halogens is 1. The summed E-state index contributed by atoms with van der Waals surface area (Å²) in [5.41, 5.74) is 1.11. The second-order valence-corrected chi connectivity index (χ2v) is 10.3. The van der Waals surface area contributed by atoms with Crippen molar-refractivity contribution in [2.45, 2.75) is 25.1 Å². The molecular formula is C18H30IN5O3S. The van der Waals surface area contributed by atoms with Crippen LogP contribution in [0, 0.1) is 0 Å². The van der Waals surface area contributed by atoms with Crippen molar-refractivity contribution in [3.8, 4) is 0 Å². The summed E-state index contributed by atoms with van der Waals surface area (Å²) in [6, 6.07) is 4.06. The average molecular weight is 523 g/mol. The van der Waals surface area contributed by atoms with Crippen LogP contribution in [0.5, 0.6) is 0 Å². The largest absolute Gasteiger partial charge is 0.378 e. The SMILES string of the molecule is CN=C(NCc1ccnc(N2CCOCC2)c1)N1CCS(=O)(=O)C(C)(C)C1.I. The molecule has 0 saturated carbocycles. The predicted octanol–water partition coefficient (Wildman–Crippen LogP) is 1.12. The predicted molar refractivity (Wildman–Crippen MR) is 122 cm³/mol. The minimum Gasteiger partial charge on any atom is -0.378 e. The van der Waals surface area contributed by atoms with Gasteiger partial charge in [-0.3, -0.25) is 4.99 Å². The van der Waals surface area contributed by atoms with Gasteiger partial charge in [-0.05, 0) is 31.5 Å². The number of nitrogens with one attached hydrogen (secondary N) is 1. The van der Waals surface area contributed by atoms with Gasteiger partial charge in [0.1, 0.15) is 5.82 Å². The van der Waals surface area contributed by atoms with Crippen molar-refractivity contribution in [1.29, 1.82) is 0 Å². The Morgan fingerprint density at radius 2 is 2.04 bits per heavy atom. The minimum atomic E-state index is -3.07. The molecule has 2 aliphatic rings. The number of aliphatic imine (C=N–C) groups is 1. The molecule has 1 aromatic heterocycles. The number of ether oxygens (including phenoxy) is 1. The summed E-state index contributed by atoms with van der Waals surface area (Å²) < 4.78 is 29.1. The molecule has 3 rings (SSSR count). The smallest absolute Gasteiger partial charge is 0.193 e. The zero-order valence-electron chi connectivity index (χ0n) is 16.7. The Balaban J connectivity index is 0.00000280. The highest BCUT2D eigenvalue weighted by Crippen LogP contribution is 2.23. The molecule has 0 aliphatic carbocycles. The van der Waals surface area contributed by atoms with Crippen LogP contribution in [0.2, 0.25) is 0 Å². The third-order valence-electron chi connectivity index (χ3n) is 5.15. The van der Waals surface area contributed by atoms with Gasteiger partial charge in [0, 0.05) is 46.0 Å². The van der Waals surface area contributed by atoms with E-state index in [1.165, 1.54) is 0 Å². The van der Waals surface area contributed by atoms with E-state index in [9.17, 15) is 8.42 Å². The Bertz CT molecular complexity index is 794. The van der Waals surface area contributed by atoms with Crippen molar-refractivity contribution in [2.24, 2.45) is 4.99 Å². The third-order valence-corrected chi connectivity index (χ3v) is 7.68. The van der Waals surface area contributed by atoms with Crippen molar-refractivity contribution in [3.63, 3.8) is 0 Å². The summed E-state index contributed by atoms with van der Waals surface area (Å²) in [5, 5.41) is 3.36. The normalized spacial score (nSPS) is 21.8. The number of morpholine rings is 1. The number of anilines is 1. The molecule has 0 amide bonds.